The lowest BCUT2D eigenvalue weighted by Gasteiger charge is -2.12. The number of hydrogen-bond acceptors (Lipinski definition) is 2. The first-order valence-corrected chi connectivity index (χ1v) is 5.50. The van der Waals surface area contributed by atoms with Crippen molar-refractivity contribution in [3.8, 4) is 0 Å². The summed E-state index contributed by atoms with van der Waals surface area (Å²) in [6.45, 7) is 3.38. The first-order chi connectivity index (χ1) is 8.92. The van der Waals surface area contributed by atoms with Gasteiger partial charge in [0.05, 0.1) is 6.42 Å². The average molecular weight is 269 g/mol. The molecule has 1 amide bonds. The molecule has 0 bridgehead atoms. The summed E-state index contributed by atoms with van der Waals surface area (Å²) >= 11 is 0. The minimum absolute atomic E-state index is 0.0680. The Bertz CT molecular complexity index is 482. The highest BCUT2D eigenvalue weighted by molar-refractivity contribution is 5.84. The highest BCUT2D eigenvalue weighted by Gasteiger charge is 2.18. The summed E-state index contributed by atoms with van der Waals surface area (Å²) in [7, 11) is 0. The Morgan fingerprint density at radius 1 is 1.32 bits per heavy atom. The molecular formula is C13H13F2NO3. The predicted molar refractivity (Wildman–Crippen MR) is 64.4 cm³/mol. The van der Waals surface area contributed by atoms with Gasteiger partial charge in [0.25, 0.3) is 0 Å². The summed E-state index contributed by atoms with van der Waals surface area (Å²) in [4.78, 5) is 22.4. The molecule has 0 heterocycles. The summed E-state index contributed by atoms with van der Waals surface area (Å²) in [5.41, 5.74) is 0.137. The standard InChI is InChI=1S/C13H13F2NO3/c1-2-3-11(13(18)19)16-12(17)6-8-4-9(14)7-10(15)5-8/h2,4-5,7,11H,1,3,6H2,(H,16,17)(H,18,19). The van der Waals surface area contributed by atoms with E-state index in [1.165, 1.54) is 6.08 Å². The topological polar surface area (TPSA) is 66.4 Å². The van der Waals surface area contributed by atoms with Gasteiger partial charge >= 0.3 is 5.97 Å². The molecule has 102 valence electrons. The molecule has 0 radical (unpaired) electrons. The molecule has 0 spiro atoms. The van der Waals surface area contributed by atoms with E-state index in [1.807, 2.05) is 0 Å². The minimum atomic E-state index is -1.20. The van der Waals surface area contributed by atoms with Crippen LogP contribution in [0.4, 0.5) is 8.78 Å². The number of carbonyl (C=O) groups excluding carboxylic acids is 1. The molecular weight excluding hydrogens is 256 g/mol. The second-order valence-electron chi connectivity index (χ2n) is 3.94. The van der Waals surface area contributed by atoms with E-state index in [-0.39, 0.29) is 18.4 Å². The van der Waals surface area contributed by atoms with Crippen molar-refractivity contribution in [2.45, 2.75) is 18.9 Å². The Balaban J connectivity index is 2.68. The van der Waals surface area contributed by atoms with Gasteiger partial charge in [0.15, 0.2) is 0 Å². The Labute approximate surface area is 108 Å². The molecule has 2 N–H and O–H groups in total. The SMILES string of the molecule is C=CCC(NC(=O)Cc1cc(F)cc(F)c1)C(=O)O. The molecule has 1 rings (SSSR count). The normalized spacial score (nSPS) is 11.7. The van der Waals surface area contributed by atoms with Crippen molar-refractivity contribution in [1.82, 2.24) is 5.32 Å². The van der Waals surface area contributed by atoms with Crippen LogP contribution in [0.3, 0.4) is 0 Å². The number of hydrogen-bond donors (Lipinski definition) is 2. The van der Waals surface area contributed by atoms with Gasteiger partial charge < -0.3 is 10.4 Å². The van der Waals surface area contributed by atoms with Crippen molar-refractivity contribution in [3.05, 3.63) is 48.1 Å². The van der Waals surface area contributed by atoms with Crippen LogP contribution >= 0.6 is 0 Å². The molecule has 0 fully saturated rings. The molecule has 19 heavy (non-hydrogen) atoms. The zero-order valence-corrected chi connectivity index (χ0v) is 10.0. The molecule has 1 aromatic carbocycles. The van der Waals surface area contributed by atoms with Crippen LogP contribution in [0.15, 0.2) is 30.9 Å². The zero-order chi connectivity index (χ0) is 14.4. The second-order valence-corrected chi connectivity index (χ2v) is 3.94. The summed E-state index contributed by atoms with van der Waals surface area (Å²) < 4.78 is 25.8. The van der Waals surface area contributed by atoms with Crippen LogP contribution in [0.5, 0.6) is 0 Å². The summed E-state index contributed by atoms with van der Waals surface area (Å²) in [5, 5.41) is 11.1. The van der Waals surface area contributed by atoms with Crippen LogP contribution in [0.1, 0.15) is 12.0 Å². The van der Waals surface area contributed by atoms with Crippen LogP contribution in [0.2, 0.25) is 0 Å². The van der Waals surface area contributed by atoms with Gasteiger partial charge in [-0.25, -0.2) is 13.6 Å². The molecule has 6 heteroatoms. The Morgan fingerprint density at radius 2 is 1.89 bits per heavy atom. The van der Waals surface area contributed by atoms with E-state index in [0.29, 0.717) is 6.07 Å². The van der Waals surface area contributed by atoms with E-state index in [2.05, 4.69) is 11.9 Å². The van der Waals surface area contributed by atoms with Gasteiger partial charge in [-0.15, -0.1) is 6.58 Å². The molecule has 0 aliphatic rings. The van der Waals surface area contributed by atoms with Crippen LogP contribution < -0.4 is 5.32 Å². The van der Waals surface area contributed by atoms with Gasteiger partial charge in [0.2, 0.25) is 5.91 Å². The number of aliphatic carboxylic acids is 1. The van der Waals surface area contributed by atoms with Gasteiger partial charge in [0.1, 0.15) is 17.7 Å². The predicted octanol–water partition coefficient (Wildman–Crippen LogP) is 1.65. The maximum Gasteiger partial charge on any atom is 0.326 e. The maximum atomic E-state index is 12.9. The van der Waals surface area contributed by atoms with Crippen LogP contribution in [-0.2, 0) is 16.0 Å². The number of amides is 1. The zero-order valence-electron chi connectivity index (χ0n) is 10.0. The van der Waals surface area contributed by atoms with E-state index in [0.717, 1.165) is 12.1 Å². The average Bonchev–Trinajstić information content (AvgIpc) is 2.26. The maximum absolute atomic E-state index is 12.9. The lowest BCUT2D eigenvalue weighted by Crippen LogP contribution is -2.41. The number of carboxylic acids is 1. The molecule has 4 nitrogen and oxygen atoms in total. The molecule has 0 saturated carbocycles. The fourth-order valence-electron chi connectivity index (χ4n) is 1.53. The van der Waals surface area contributed by atoms with E-state index < -0.39 is 29.6 Å². The van der Waals surface area contributed by atoms with E-state index in [4.69, 9.17) is 5.11 Å². The monoisotopic (exact) mass is 269 g/mol. The number of carboxylic acid groups (broad SMARTS) is 1. The van der Waals surface area contributed by atoms with E-state index in [1.54, 1.807) is 0 Å². The van der Waals surface area contributed by atoms with E-state index >= 15 is 0 Å². The third-order valence-electron chi connectivity index (χ3n) is 2.32. The van der Waals surface area contributed by atoms with Crippen molar-refractivity contribution in [2.75, 3.05) is 0 Å². The quantitative estimate of drug-likeness (QED) is 0.772. The number of benzene rings is 1. The largest absolute Gasteiger partial charge is 0.480 e. The van der Waals surface area contributed by atoms with Crippen LogP contribution in [0.25, 0.3) is 0 Å². The Kier molecular flexibility index (Phi) is 5.17. The number of carbonyl (C=O) groups is 2. The van der Waals surface area contributed by atoms with Gasteiger partial charge in [-0.2, -0.15) is 0 Å². The van der Waals surface area contributed by atoms with Crippen molar-refractivity contribution >= 4 is 11.9 Å². The molecule has 1 aromatic rings. The lowest BCUT2D eigenvalue weighted by molar-refractivity contribution is -0.141. The van der Waals surface area contributed by atoms with Crippen molar-refractivity contribution < 1.29 is 23.5 Å². The first kappa shape index (κ1) is 14.8. The van der Waals surface area contributed by atoms with E-state index in [9.17, 15) is 18.4 Å². The highest BCUT2D eigenvalue weighted by atomic mass is 19.1. The number of rotatable bonds is 6. The summed E-state index contributed by atoms with van der Waals surface area (Å²) in [6.07, 6.45) is 1.13. The number of nitrogens with one attached hydrogen (secondary N) is 1. The van der Waals surface area contributed by atoms with Gasteiger partial charge in [-0.1, -0.05) is 6.08 Å². The fraction of sp³-hybridized carbons (Fsp3) is 0.231. The summed E-state index contributed by atoms with van der Waals surface area (Å²) in [6, 6.07) is 1.64. The van der Waals surface area contributed by atoms with Gasteiger partial charge in [0, 0.05) is 6.07 Å². The number of halogens is 2. The third-order valence-corrected chi connectivity index (χ3v) is 2.32. The van der Waals surface area contributed by atoms with Crippen LogP contribution in [-0.4, -0.2) is 23.0 Å². The Morgan fingerprint density at radius 3 is 2.37 bits per heavy atom. The molecule has 0 aliphatic heterocycles. The fourth-order valence-corrected chi connectivity index (χ4v) is 1.53. The third kappa shape index (κ3) is 4.87. The first-order valence-electron chi connectivity index (χ1n) is 5.50. The molecule has 0 aliphatic carbocycles. The van der Waals surface area contributed by atoms with Gasteiger partial charge in [-0.3, -0.25) is 4.79 Å². The molecule has 0 saturated heterocycles. The summed E-state index contributed by atoms with van der Waals surface area (Å²) in [5.74, 6) is -3.40. The van der Waals surface area contributed by atoms with Crippen LogP contribution in [0, 0.1) is 11.6 Å². The second kappa shape index (κ2) is 6.63. The minimum Gasteiger partial charge on any atom is -0.480 e. The van der Waals surface area contributed by atoms with Crippen molar-refractivity contribution in [1.29, 1.82) is 0 Å². The lowest BCUT2D eigenvalue weighted by atomic mass is 10.1. The van der Waals surface area contributed by atoms with Gasteiger partial charge in [-0.05, 0) is 24.1 Å². The molecule has 1 unspecified atom stereocenters. The van der Waals surface area contributed by atoms with Crippen molar-refractivity contribution in [2.24, 2.45) is 0 Å². The van der Waals surface area contributed by atoms with Crippen molar-refractivity contribution in [3.63, 3.8) is 0 Å². The Hall–Kier alpha value is -2.24. The molecule has 1 atom stereocenters. The smallest absolute Gasteiger partial charge is 0.326 e. The highest BCUT2D eigenvalue weighted by Crippen LogP contribution is 2.08. The molecule has 0 aromatic heterocycles.